The van der Waals surface area contributed by atoms with E-state index in [1.165, 1.54) is 18.4 Å². The number of benzene rings is 1. The maximum atomic E-state index is 8.89. The van der Waals surface area contributed by atoms with Gasteiger partial charge < -0.3 is 5.11 Å². The Bertz CT molecular complexity index is 342. The molecule has 16 heavy (non-hydrogen) atoms. The van der Waals surface area contributed by atoms with Crippen molar-refractivity contribution >= 4 is 11.6 Å². The van der Waals surface area contributed by atoms with Gasteiger partial charge in [-0.05, 0) is 37.4 Å². The maximum absolute atomic E-state index is 8.89. The van der Waals surface area contributed by atoms with Crippen LogP contribution < -0.4 is 0 Å². The van der Waals surface area contributed by atoms with E-state index in [1.54, 1.807) is 0 Å². The standard InChI is InChI=1S/C13H18ClNO/c14-12-6-2-1-5-11(12)13-7-3-8-15(13)9-4-10-16/h1-2,5-6,13,16H,3-4,7-10H2. The summed E-state index contributed by atoms with van der Waals surface area (Å²) in [5.41, 5.74) is 1.24. The second kappa shape index (κ2) is 5.67. The highest BCUT2D eigenvalue weighted by atomic mass is 35.5. The van der Waals surface area contributed by atoms with Crippen LogP contribution in [0, 0.1) is 0 Å². The Morgan fingerprint density at radius 2 is 2.19 bits per heavy atom. The van der Waals surface area contributed by atoms with Crippen LogP contribution in [0.4, 0.5) is 0 Å². The quantitative estimate of drug-likeness (QED) is 0.874. The molecule has 1 aromatic rings. The summed E-state index contributed by atoms with van der Waals surface area (Å²) in [7, 11) is 0. The molecule has 1 aromatic carbocycles. The third-order valence-corrected chi connectivity index (χ3v) is 3.58. The molecular weight excluding hydrogens is 222 g/mol. The SMILES string of the molecule is OCCCN1CCCC1c1ccccc1Cl. The maximum Gasteiger partial charge on any atom is 0.0453 e. The fraction of sp³-hybridized carbons (Fsp3) is 0.538. The van der Waals surface area contributed by atoms with Crippen molar-refractivity contribution in [3.8, 4) is 0 Å². The summed E-state index contributed by atoms with van der Waals surface area (Å²) in [6, 6.07) is 8.53. The van der Waals surface area contributed by atoms with E-state index in [1.807, 2.05) is 18.2 Å². The van der Waals surface area contributed by atoms with Gasteiger partial charge in [0.05, 0.1) is 0 Å². The second-order valence-corrected chi connectivity index (χ2v) is 4.70. The van der Waals surface area contributed by atoms with Gasteiger partial charge in [0.1, 0.15) is 0 Å². The van der Waals surface area contributed by atoms with Crippen LogP contribution in [0.1, 0.15) is 30.9 Å². The van der Waals surface area contributed by atoms with Crippen LogP contribution in [0.5, 0.6) is 0 Å². The average molecular weight is 240 g/mol. The van der Waals surface area contributed by atoms with Crippen molar-refractivity contribution in [1.29, 1.82) is 0 Å². The Hall–Kier alpha value is -0.570. The summed E-state index contributed by atoms with van der Waals surface area (Å²) in [4.78, 5) is 2.43. The molecule has 88 valence electrons. The van der Waals surface area contributed by atoms with Gasteiger partial charge in [-0.15, -0.1) is 0 Å². The summed E-state index contributed by atoms with van der Waals surface area (Å²) < 4.78 is 0. The highest BCUT2D eigenvalue weighted by Gasteiger charge is 2.26. The molecule has 0 amide bonds. The molecule has 0 spiro atoms. The Kier molecular flexibility index (Phi) is 4.22. The lowest BCUT2D eigenvalue weighted by Crippen LogP contribution is -2.25. The molecule has 0 aromatic heterocycles. The van der Waals surface area contributed by atoms with Gasteiger partial charge in [-0.3, -0.25) is 4.90 Å². The molecule has 1 N–H and O–H groups in total. The molecule has 0 radical (unpaired) electrons. The van der Waals surface area contributed by atoms with E-state index in [0.717, 1.165) is 24.5 Å². The van der Waals surface area contributed by atoms with E-state index in [0.29, 0.717) is 6.04 Å². The lowest BCUT2D eigenvalue weighted by Gasteiger charge is -2.25. The Labute approximate surface area is 102 Å². The summed E-state index contributed by atoms with van der Waals surface area (Å²) in [6.07, 6.45) is 3.25. The van der Waals surface area contributed by atoms with E-state index in [9.17, 15) is 0 Å². The van der Waals surface area contributed by atoms with E-state index in [-0.39, 0.29) is 6.61 Å². The molecule has 1 unspecified atom stereocenters. The highest BCUT2D eigenvalue weighted by Crippen LogP contribution is 2.35. The largest absolute Gasteiger partial charge is 0.396 e. The van der Waals surface area contributed by atoms with Crippen LogP contribution in [0.15, 0.2) is 24.3 Å². The minimum absolute atomic E-state index is 0.270. The van der Waals surface area contributed by atoms with Gasteiger partial charge in [0.2, 0.25) is 0 Å². The van der Waals surface area contributed by atoms with E-state index < -0.39 is 0 Å². The van der Waals surface area contributed by atoms with Crippen molar-refractivity contribution < 1.29 is 5.11 Å². The Morgan fingerprint density at radius 3 is 2.94 bits per heavy atom. The number of hydrogen-bond donors (Lipinski definition) is 1. The first-order valence-corrected chi connectivity index (χ1v) is 6.30. The van der Waals surface area contributed by atoms with Crippen LogP contribution in [-0.2, 0) is 0 Å². The monoisotopic (exact) mass is 239 g/mol. The van der Waals surface area contributed by atoms with Crippen LogP contribution >= 0.6 is 11.6 Å². The predicted octanol–water partition coefficient (Wildman–Crippen LogP) is 2.86. The van der Waals surface area contributed by atoms with Gasteiger partial charge in [0.15, 0.2) is 0 Å². The van der Waals surface area contributed by atoms with Crippen molar-refractivity contribution in [3.05, 3.63) is 34.9 Å². The van der Waals surface area contributed by atoms with Gasteiger partial charge in [-0.25, -0.2) is 0 Å². The summed E-state index contributed by atoms with van der Waals surface area (Å²) in [5.74, 6) is 0. The number of nitrogens with zero attached hydrogens (tertiary/aromatic N) is 1. The summed E-state index contributed by atoms with van der Waals surface area (Å²) in [5, 5.41) is 9.75. The van der Waals surface area contributed by atoms with E-state index in [4.69, 9.17) is 16.7 Å². The first-order valence-electron chi connectivity index (χ1n) is 5.92. The minimum atomic E-state index is 0.270. The molecule has 1 heterocycles. The zero-order chi connectivity index (χ0) is 11.4. The number of halogens is 1. The lowest BCUT2D eigenvalue weighted by molar-refractivity contribution is 0.214. The summed E-state index contributed by atoms with van der Waals surface area (Å²) >= 11 is 6.23. The summed E-state index contributed by atoms with van der Waals surface area (Å²) in [6.45, 7) is 2.36. The van der Waals surface area contributed by atoms with Crippen molar-refractivity contribution in [3.63, 3.8) is 0 Å². The molecule has 0 aliphatic carbocycles. The molecule has 1 atom stereocenters. The zero-order valence-corrected chi connectivity index (χ0v) is 10.2. The van der Waals surface area contributed by atoms with E-state index >= 15 is 0 Å². The molecule has 1 aliphatic rings. The van der Waals surface area contributed by atoms with Crippen molar-refractivity contribution in [2.75, 3.05) is 19.7 Å². The van der Waals surface area contributed by atoms with Gasteiger partial charge in [-0.1, -0.05) is 29.8 Å². The molecule has 1 fully saturated rings. The van der Waals surface area contributed by atoms with Gasteiger partial charge in [-0.2, -0.15) is 0 Å². The average Bonchev–Trinajstić information content (AvgIpc) is 2.75. The van der Waals surface area contributed by atoms with Crippen LogP contribution in [0.3, 0.4) is 0 Å². The zero-order valence-electron chi connectivity index (χ0n) is 9.40. The highest BCUT2D eigenvalue weighted by molar-refractivity contribution is 6.31. The molecule has 1 aliphatic heterocycles. The molecule has 0 saturated carbocycles. The first-order chi connectivity index (χ1) is 7.83. The second-order valence-electron chi connectivity index (χ2n) is 4.29. The number of rotatable bonds is 4. The van der Waals surface area contributed by atoms with Crippen molar-refractivity contribution in [2.45, 2.75) is 25.3 Å². The third kappa shape index (κ3) is 2.57. The molecule has 1 saturated heterocycles. The fourth-order valence-electron chi connectivity index (χ4n) is 2.47. The minimum Gasteiger partial charge on any atom is -0.396 e. The first kappa shape index (κ1) is 11.9. The smallest absolute Gasteiger partial charge is 0.0453 e. The normalized spacial score (nSPS) is 21.5. The number of aliphatic hydroxyl groups is 1. The number of hydrogen-bond acceptors (Lipinski definition) is 2. The molecule has 3 heteroatoms. The van der Waals surface area contributed by atoms with Gasteiger partial charge in [0, 0.05) is 24.2 Å². The Morgan fingerprint density at radius 1 is 1.38 bits per heavy atom. The molecule has 2 nitrogen and oxygen atoms in total. The van der Waals surface area contributed by atoms with E-state index in [2.05, 4.69) is 11.0 Å². The van der Waals surface area contributed by atoms with Gasteiger partial charge in [0.25, 0.3) is 0 Å². The topological polar surface area (TPSA) is 23.5 Å². The van der Waals surface area contributed by atoms with Crippen molar-refractivity contribution in [2.24, 2.45) is 0 Å². The van der Waals surface area contributed by atoms with Crippen molar-refractivity contribution in [1.82, 2.24) is 4.90 Å². The van der Waals surface area contributed by atoms with Crippen LogP contribution in [-0.4, -0.2) is 29.7 Å². The number of likely N-dealkylation sites (tertiary alicyclic amines) is 1. The molecule has 2 rings (SSSR count). The molecular formula is C13H18ClNO. The number of aliphatic hydroxyl groups excluding tert-OH is 1. The van der Waals surface area contributed by atoms with Crippen LogP contribution in [0.25, 0.3) is 0 Å². The fourth-order valence-corrected chi connectivity index (χ4v) is 2.73. The van der Waals surface area contributed by atoms with Crippen LogP contribution in [0.2, 0.25) is 5.02 Å². The third-order valence-electron chi connectivity index (χ3n) is 3.23. The molecule has 0 bridgehead atoms. The lowest BCUT2D eigenvalue weighted by atomic mass is 10.0. The predicted molar refractivity (Wildman–Crippen MR) is 66.7 cm³/mol. The Balaban J connectivity index is 2.10. The van der Waals surface area contributed by atoms with Gasteiger partial charge >= 0.3 is 0 Å².